The molecule has 0 aliphatic rings. The molecule has 0 spiro atoms. The molecular weight excluding hydrogens is 334 g/mol. The van der Waals surface area contributed by atoms with Crippen molar-refractivity contribution < 1.29 is 13.2 Å². The summed E-state index contributed by atoms with van der Waals surface area (Å²) in [6, 6.07) is 7.88. The largest absolute Gasteiger partial charge is 0.366 e. The molecule has 0 bridgehead atoms. The van der Waals surface area contributed by atoms with E-state index in [0.29, 0.717) is 16.7 Å². The number of aromatic amines is 1. The zero-order valence-electron chi connectivity index (χ0n) is 12.0. The van der Waals surface area contributed by atoms with Crippen molar-refractivity contribution in [3.63, 3.8) is 0 Å². The molecule has 0 unspecified atom stereocenters. The molecule has 0 radical (unpaired) electrons. The Morgan fingerprint density at radius 1 is 1.12 bits per heavy atom. The average Bonchev–Trinajstić information content (AvgIpc) is 3.07. The first kappa shape index (κ1) is 15.7. The number of aromatic nitrogens is 5. The molecule has 0 aliphatic carbocycles. The lowest BCUT2D eigenvalue weighted by atomic mass is 10.00. The predicted octanol–water partition coefficient (Wildman–Crippen LogP) is -0.325. The first-order chi connectivity index (χ1) is 11.4. The minimum atomic E-state index is -4.11. The average molecular weight is 345 g/mol. The van der Waals surface area contributed by atoms with E-state index >= 15 is 0 Å². The van der Waals surface area contributed by atoms with E-state index in [9.17, 15) is 13.2 Å². The van der Waals surface area contributed by atoms with Crippen LogP contribution in [0.5, 0.6) is 0 Å². The van der Waals surface area contributed by atoms with E-state index in [1.807, 2.05) is 0 Å². The third-order valence-corrected chi connectivity index (χ3v) is 4.10. The second-order valence-corrected chi connectivity index (χ2v) is 6.25. The van der Waals surface area contributed by atoms with E-state index < -0.39 is 15.9 Å². The fraction of sp³-hybridized carbons (Fsp3) is 0. The first-order valence-electron chi connectivity index (χ1n) is 6.54. The van der Waals surface area contributed by atoms with Gasteiger partial charge in [0.05, 0.1) is 5.56 Å². The van der Waals surface area contributed by atoms with Gasteiger partial charge in [0, 0.05) is 11.8 Å². The van der Waals surface area contributed by atoms with E-state index in [2.05, 4.69) is 25.6 Å². The number of hydrogen-bond acceptors (Lipinski definition) is 7. The Balaban J connectivity index is 2.27. The number of carbonyl (C=O) groups is 1. The number of benzene rings is 1. The number of hydrogen-bond donors (Lipinski definition) is 3. The predicted molar refractivity (Wildman–Crippen MR) is 82.7 cm³/mol. The van der Waals surface area contributed by atoms with Crippen LogP contribution in [0.3, 0.4) is 0 Å². The van der Waals surface area contributed by atoms with Crippen LogP contribution in [0.25, 0.3) is 22.5 Å². The summed E-state index contributed by atoms with van der Waals surface area (Å²) in [6.45, 7) is 0. The van der Waals surface area contributed by atoms with E-state index in [-0.39, 0.29) is 16.4 Å². The number of rotatable bonds is 4. The molecule has 0 atom stereocenters. The van der Waals surface area contributed by atoms with Crippen LogP contribution >= 0.6 is 0 Å². The van der Waals surface area contributed by atoms with Crippen molar-refractivity contribution in [2.24, 2.45) is 10.9 Å². The van der Waals surface area contributed by atoms with Gasteiger partial charge in [-0.2, -0.15) is 0 Å². The molecule has 0 saturated heterocycles. The monoisotopic (exact) mass is 345 g/mol. The summed E-state index contributed by atoms with van der Waals surface area (Å²) in [4.78, 5) is 15.0. The summed E-state index contributed by atoms with van der Waals surface area (Å²) in [7, 11) is -4.11. The Labute approximate surface area is 136 Å². The Morgan fingerprint density at radius 2 is 1.83 bits per heavy atom. The maximum Gasteiger partial charge on any atom is 0.256 e. The molecule has 24 heavy (non-hydrogen) atoms. The SMILES string of the molecule is NC(=O)c1ccc(-c2ccnc(S(N)(=O)=O)c2-c2nnn[nH]2)cc1. The molecule has 5 N–H and O–H groups in total. The molecule has 0 aliphatic heterocycles. The van der Waals surface area contributed by atoms with E-state index in [0.717, 1.165) is 0 Å². The number of pyridine rings is 1. The summed E-state index contributed by atoms with van der Waals surface area (Å²) < 4.78 is 23.7. The third-order valence-electron chi connectivity index (χ3n) is 3.25. The van der Waals surface area contributed by atoms with Gasteiger partial charge >= 0.3 is 0 Å². The van der Waals surface area contributed by atoms with Crippen LogP contribution in [0.2, 0.25) is 0 Å². The highest BCUT2D eigenvalue weighted by atomic mass is 32.2. The molecule has 2 heterocycles. The molecule has 1 aromatic carbocycles. The van der Waals surface area contributed by atoms with Crippen molar-refractivity contribution in [1.82, 2.24) is 25.6 Å². The lowest BCUT2D eigenvalue weighted by molar-refractivity contribution is 0.100. The van der Waals surface area contributed by atoms with Crippen molar-refractivity contribution in [3.8, 4) is 22.5 Å². The first-order valence-corrected chi connectivity index (χ1v) is 8.08. The number of primary sulfonamides is 1. The summed E-state index contributed by atoms with van der Waals surface area (Å²) in [5.41, 5.74) is 6.76. The standard InChI is InChI=1S/C13H11N7O3S/c14-11(21)8-3-1-7(2-4-8)9-5-6-16-13(24(15,22)23)10(9)12-17-19-20-18-12/h1-6H,(H2,14,21)(H2,15,22,23)(H,17,18,19,20). The summed E-state index contributed by atoms with van der Waals surface area (Å²) >= 11 is 0. The molecule has 3 aromatic rings. The highest BCUT2D eigenvalue weighted by Crippen LogP contribution is 2.33. The van der Waals surface area contributed by atoms with Gasteiger partial charge in [-0.05, 0) is 39.8 Å². The van der Waals surface area contributed by atoms with Gasteiger partial charge in [0.25, 0.3) is 10.0 Å². The van der Waals surface area contributed by atoms with Gasteiger partial charge in [0.1, 0.15) is 0 Å². The van der Waals surface area contributed by atoms with Crippen LogP contribution in [0.15, 0.2) is 41.6 Å². The number of sulfonamides is 1. The van der Waals surface area contributed by atoms with Gasteiger partial charge in [-0.25, -0.2) is 23.6 Å². The minimum Gasteiger partial charge on any atom is -0.366 e. The van der Waals surface area contributed by atoms with Gasteiger partial charge in [-0.1, -0.05) is 12.1 Å². The summed E-state index contributed by atoms with van der Waals surface area (Å²) in [6.07, 6.45) is 1.31. The molecule has 0 fully saturated rings. The zero-order chi connectivity index (χ0) is 17.3. The van der Waals surface area contributed by atoms with Crippen LogP contribution in [0, 0.1) is 0 Å². The molecule has 10 nitrogen and oxygen atoms in total. The lowest BCUT2D eigenvalue weighted by Gasteiger charge is -2.11. The highest BCUT2D eigenvalue weighted by Gasteiger charge is 2.23. The van der Waals surface area contributed by atoms with Crippen LogP contribution in [0.4, 0.5) is 0 Å². The van der Waals surface area contributed by atoms with E-state index in [1.54, 1.807) is 18.2 Å². The van der Waals surface area contributed by atoms with Crippen molar-refractivity contribution >= 4 is 15.9 Å². The summed E-state index contributed by atoms with van der Waals surface area (Å²) in [5, 5.41) is 18.0. The Kier molecular flexibility index (Phi) is 3.79. The van der Waals surface area contributed by atoms with Crippen LogP contribution in [-0.2, 0) is 10.0 Å². The van der Waals surface area contributed by atoms with E-state index in [4.69, 9.17) is 10.9 Å². The molecule has 2 aromatic heterocycles. The molecule has 1 amide bonds. The van der Waals surface area contributed by atoms with Crippen LogP contribution in [0.1, 0.15) is 10.4 Å². The van der Waals surface area contributed by atoms with Crippen molar-refractivity contribution in [1.29, 1.82) is 0 Å². The van der Waals surface area contributed by atoms with Gasteiger partial charge in [0.15, 0.2) is 10.9 Å². The normalized spacial score (nSPS) is 11.4. The Hall–Kier alpha value is -3.18. The van der Waals surface area contributed by atoms with Crippen molar-refractivity contribution in [3.05, 3.63) is 42.1 Å². The maximum absolute atomic E-state index is 11.8. The van der Waals surface area contributed by atoms with Crippen molar-refractivity contribution in [2.45, 2.75) is 5.03 Å². The van der Waals surface area contributed by atoms with Gasteiger partial charge in [0.2, 0.25) is 5.91 Å². The Morgan fingerprint density at radius 3 is 2.38 bits per heavy atom. The molecule has 0 saturated carbocycles. The topological polar surface area (TPSA) is 171 Å². The lowest BCUT2D eigenvalue weighted by Crippen LogP contribution is -2.16. The number of tetrazole rings is 1. The smallest absolute Gasteiger partial charge is 0.256 e. The maximum atomic E-state index is 11.8. The minimum absolute atomic E-state index is 0.0982. The number of nitrogens with two attached hydrogens (primary N) is 2. The summed E-state index contributed by atoms with van der Waals surface area (Å²) in [5.74, 6) is -0.470. The fourth-order valence-electron chi connectivity index (χ4n) is 2.21. The fourth-order valence-corrected chi connectivity index (χ4v) is 2.91. The molecular formula is C13H11N7O3S. The number of nitrogens with one attached hydrogen (secondary N) is 1. The van der Waals surface area contributed by atoms with Crippen LogP contribution < -0.4 is 10.9 Å². The zero-order valence-corrected chi connectivity index (χ0v) is 12.9. The molecule has 11 heteroatoms. The highest BCUT2D eigenvalue weighted by molar-refractivity contribution is 7.89. The van der Waals surface area contributed by atoms with Crippen LogP contribution in [-0.4, -0.2) is 39.9 Å². The molecule has 3 rings (SSSR count). The van der Waals surface area contributed by atoms with Gasteiger partial charge in [-0.15, -0.1) is 5.10 Å². The van der Waals surface area contributed by atoms with Gasteiger partial charge in [-0.3, -0.25) is 4.79 Å². The molecule has 122 valence electrons. The quantitative estimate of drug-likeness (QED) is 0.581. The van der Waals surface area contributed by atoms with E-state index in [1.165, 1.54) is 18.3 Å². The number of carbonyl (C=O) groups excluding carboxylic acids is 1. The van der Waals surface area contributed by atoms with Gasteiger partial charge < -0.3 is 5.73 Å². The number of amides is 1. The second kappa shape index (κ2) is 5.79. The third kappa shape index (κ3) is 2.85. The number of nitrogens with zero attached hydrogens (tertiary/aromatic N) is 4. The number of H-pyrrole nitrogens is 1. The van der Waals surface area contributed by atoms with Crippen molar-refractivity contribution in [2.75, 3.05) is 0 Å². The Bertz CT molecular complexity index is 999. The number of primary amides is 1. The second-order valence-electron chi connectivity index (χ2n) is 4.78.